The van der Waals surface area contributed by atoms with Crippen molar-refractivity contribution in [3.8, 4) is 5.75 Å². The van der Waals surface area contributed by atoms with Gasteiger partial charge in [-0.05, 0) is 55.8 Å². The van der Waals surface area contributed by atoms with E-state index in [2.05, 4.69) is 35.9 Å². The molecule has 0 bridgehead atoms. The summed E-state index contributed by atoms with van der Waals surface area (Å²) in [6.45, 7) is 13.6. The van der Waals surface area contributed by atoms with Crippen LogP contribution in [0.5, 0.6) is 5.75 Å². The van der Waals surface area contributed by atoms with Crippen molar-refractivity contribution in [3.63, 3.8) is 0 Å². The van der Waals surface area contributed by atoms with Crippen LogP contribution in [0.2, 0.25) is 0 Å². The van der Waals surface area contributed by atoms with Crippen LogP contribution >= 0.6 is 0 Å². The Balaban J connectivity index is 1.84. The molecule has 0 atom stereocenters. The van der Waals surface area contributed by atoms with E-state index in [1.807, 2.05) is 18.2 Å². The van der Waals surface area contributed by atoms with Crippen molar-refractivity contribution in [1.82, 2.24) is 4.90 Å². The van der Waals surface area contributed by atoms with Gasteiger partial charge in [0, 0.05) is 31.7 Å². The molecule has 1 N–H and O–H groups in total. The van der Waals surface area contributed by atoms with Gasteiger partial charge in [0.1, 0.15) is 5.75 Å². The molecule has 3 rings (SSSR count). The summed E-state index contributed by atoms with van der Waals surface area (Å²) >= 11 is 0. The van der Waals surface area contributed by atoms with Gasteiger partial charge >= 0.3 is 5.97 Å². The maximum absolute atomic E-state index is 13.1. The second-order valence-corrected chi connectivity index (χ2v) is 8.56. The molecule has 1 heterocycles. The largest absolute Gasteiger partial charge is 0.493 e. The van der Waals surface area contributed by atoms with Crippen molar-refractivity contribution in [2.75, 3.05) is 56.2 Å². The molecule has 0 aromatic heterocycles. The molecule has 1 fully saturated rings. The monoisotopic (exact) mass is 453 g/mol. The number of amides is 1. The van der Waals surface area contributed by atoms with E-state index in [1.54, 1.807) is 31.2 Å². The number of rotatable bonds is 9. The van der Waals surface area contributed by atoms with Crippen LogP contribution in [0.25, 0.3) is 0 Å². The van der Waals surface area contributed by atoms with Gasteiger partial charge in [0.2, 0.25) is 0 Å². The van der Waals surface area contributed by atoms with E-state index in [1.165, 1.54) is 0 Å². The number of hydrogen-bond acceptors (Lipinski definition) is 6. The first-order chi connectivity index (χ1) is 15.9. The van der Waals surface area contributed by atoms with Crippen molar-refractivity contribution in [2.45, 2.75) is 27.7 Å². The second kappa shape index (κ2) is 11.7. The van der Waals surface area contributed by atoms with Crippen LogP contribution in [0.15, 0.2) is 42.5 Å². The maximum Gasteiger partial charge on any atom is 0.338 e. The molecule has 7 nitrogen and oxygen atoms in total. The SMILES string of the molecule is CCOC(=O)c1ccc(N2CCN(CC)CC2)c(NC(=O)c2cccc(OCC(C)C)c2)c1. The Hall–Kier alpha value is -3.06. The first-order valence-corrected chi connectivity index (χ1v) is 11.7. The van der Waals surface area contributed by atoms with Gasteiger partial charge in [0.15, 0.2) is 0 Å². The molecule has 33 heavy (non-hydrogen) atoms. The zero-order valence-electron chi connectivity index (χ0n) is 20.1. The smallest absolute Gasteiger partial charge is 0.338 e. The Labute approximate surface area is 196 Å². The van der Waals surface area contributed by atoms with E-state index >= 15 is 0 Å². The van der Waals surface area contributed by atoms with Gasteiger partial charge in [0.25, 0.3) is 5.91 Å². The lowest BCUT2D eigenvalue weighted by Gasteiger charge is -2.36. The lowest BCUT2D eigenvalue weighted by atomic mass is 10.1. The standard InChI is InChI=1S/C26H35N3O4/c1-5-28-12-14-29(15-13-28)24-11-10-21(26(31)32-6-2)17-23(24)27-25(30)20-8-7-9-22(16-20)33-18-19(3)4/h7-11,16-17,19H,5-6,12-15,18H2,1-4H3,(H,27,30). The summed E-state index contributed by atoms with van der Waals surface area (Å²) in [5.41, 5.74) is 2.42. The van der Waals surface area contributed by atoms with Crippen molar-refractivity contribution in [2.24, 2.45) is 5.92 Å². The maximum atomic E-state index is 13.1. The Morgan fingerprint density at radius 2 is 1.76 bits per heavy atom. The summed E-state index contributed by atoms with van der Waals surface area (Å²) < 4.78 is 10.9. The van der Waals surface area contributed by atoms with Crippen molar-refractivity contribution < 1.29 is 19.1 Å². The molecule has 1 saturated heterocycles. The number of esters is 1. The predicted octanol–water partition coefficient (Wildman–Crippen LogP) is 4.29. The van der Waals surface area contributed by atoms with Gasteiger partial charge in [-0.25, -0.2) is 4.79 Å². The van der Waals surface area contributed by atoms with E-state index in [4.69, 9.17) is 9.47 Å². The normalized spacial score (nSPS) is 14.3. The van der Waals surface area contributed by atoms with Crippen molar-refractivity contribution in [3.05, 3.63) is 53.6 Å². The topological polar surface area (TPSA) is 71.1 Å². The first-order valence-electron chi connectivity index (χ1n) is 11.7. The highest BCUT2D eigenvalue weighted by molar-refractivity contribution is 6.07. The zero-order chi connectivity index (χ0) is 23.8. The Bertz CT molecular complexity index is 952. The summed E-state index contributed by atoms with van der Waals surface area (Å²) in [5, 5.41) is 3.02. The fraction of sp³-hybridized carbons (Fsp3) is 0.462. The molecule has 0 aliphatic carbocycles. The lowest BCUT2D eigenvalue weighted by molar-refractivity contribution is 0.0526. The molecule has 2 aromatic rings. The Morgan fingerprint density at radius 1 is 1.00 bits per heavy atom. The van der Waals surface area contributed by atoms with Crippen molar-refractivity contribution in [1.29, 1.82) is 0 Å². The molecule has 1 aliphatic rings. The minimum atomic E-state index is -0.403. The summed E-state index contributed by atoms with van der Waals surface area (Å²) in [4.78, 5) is 30.1. The number of carbonyl (C=O) groups is 2. The molecule has 2 aromatic carbocycles. The van der Waals surface area contributed by atoms with Crippen LogP contribution in [0.4, 0.5) is 11.4 Å². The number of likely N-dealkylation sites (N-methyl/N-ethyl adjacent to an activating group) is 1. The van der Waals surface area contributed by atoms with Gasteiger partial charge in [0.05, 0.1) is 30.2 Å². The molecular weight excluding hydrogens is 418 g/mol. The third kappa shape index (κ3) is 6.71. The van der Waals surface area contributed by atoms with Gasteiger partial charge in [-0.15, -0.1) is 0 Å². The quantitative estimate of drug-likeness (QED) is 0.571. The number of piperazine rings is 1. The van der Waals surface area contributed by atoms with Gasteiger partial charge in [-0.3, -0.25) is 4.79 Å². The van der Waals surface area contributed by atoms with Crippen LogP contribution in [0.3, 0.4) is 0 Å². The molecule has 0 saturated carbocycles. The summed E-state index contributed by atoms with van der Waals surface area (Å²) in [6.07, 6.45) is 0. The van der Waals surface area contributed by atoms with Crippen LogP contribution in [-0.2, 0) is 4.74 Å². The fourth-order valence-corrected chi connectivity index (χ4v) is 3.74. The summed E-state index contributed by atoms with van der Waals surface area (Å²) in [5.74, 6) is 0.398. The van der Waals surface area contributed by atoms with E-state index in [0.29, 0.717) is 41.7 Å². The number of nitrogens with zero attached hydrogens (tertiary/aromatic N) is 2. The van der Waals surface area contributed by atoms with Gasteiger partial charge in [-0.2, -0.15) is 0 Å². The predicted molar refractivity (Wildman–Crippen MR) is 131 cm³/mol. The molecule has 0 unspecified atom stereocenters. The average molecular weight is 454 g/mol. The third-order valence-corrected chi connectivity index (χ3v) is 5.60. The number of anilines is 2. The van der Waals surface area contributed by atoms with E-state index < -0.39 is 5.97 Å². The summed E-state index contributed by atoms with van der Waals surface area (Å²) in [6, 6.07) is 12.5. The molecular formula is C26H35N3O4. The van der Waals surface area contributed by atoms with E-state index in [0.717, 1.165) is 38.4 Å². The summed E-state index contributed by atoms with van der Waals surface area (Å²) in [7, 11) is 0. The molecule has 0 radical (unpaired) electrons. The second-order valence-electron chi connectivity index (χ2n) is 8.56. The average Bonchev–Trinajstić information content (AvgIpc) is 2.83. The van der Waals surface area contributed by atoms with Gasteiger partial charge in [-0.1, -0.05) is 26.8 Å². The molecule has 1 amide bonds. The van der Waals surface area contributed by atoms with E-state index in [9.17, 15) is 9.59 Å². The van der Waals surface area contributed by atoms with Crippen molar-refractivity contribution >= 4 is 23.3 Å². The Kier molecular flexibility index (Phi) is 8.72. The first kappa shape index (κ1) is 24.6. The fourth-order valence-electron chi connectivity index (χ4n) is 3.74. The minimum absolute atomic E-state index is 0.251. The number of nitrogens with one attached hydrogen (secondary N) is 1. The molecule has 0 spiro atoms. The van der Waals surface area contributed by atoms with Crippen LogP contribution in [-0.4, -0.2) is 62.7 Å². The molecule has 1 aliphatic heterocycles. The molecule has 178 valence electrons. The highest BCUT2D eigenvalue weighted by atomic mass is 16.5. The highest BCUT2D eigenvalue weighted by Crippen LogP contribution is 2.29. The zero-order valence-corrected chi connectivity index (χ0v) is 20.1. The van der Waals surface area contributed by atoms with E-state index in [-0.39, 0.29) is 5.91 Å². The van der Waals surface area contributed by atoms with Crippen LogP contribution in [0.1, 0.15) is 48.4 Å². The molecule has 7 heteroatoms. The number of carbonyl (C=O) groups excluding carboxylic acids is 2. The number of benzene rings is 2. The minimum Gasteiger partial charge on any atom is -0.493 e. The lowest BCUT2D eigenvalue weighted by Crippen LogP contribution is -2.46. The van der Waals surface area contributed by atoms with Gasteiger partial charge < -0.3 is 24.6 Å². The van der Waals surface area contributed by atoms with Crippen LogP contribution in [0, 0.1) is 5.92 Å². The van der Waals surface area contributed by atoms with Crippen LogP contribution < -0.4 is 15.0 Å². The highest BCUT2D eigenvalue weighted by Gasteiger charge is 2.21. The number of hydrogen-bond donors (Lipinski definition) is 1. The third-order valence-electron chi connectivity index (χ3n) is 5.60. The number of ether oxygens (including phenoxy) is 2. The Morgan fingerprint density at radius 3 is 2.42 bits per heavy atom.